The fourth-order valence-corrected chi connectivity index (χ4v) is 4.58. The van der Waals surface area contributed by atoms with Crippen LogP contribution in [0.5, 0.6) is 0 Å². The molecule has 0 aromatic heterocycles. The van der Waals surface area contributed by atoms with E-state index >= 15 is 0 Å². The van der Waals surface area contributed by atoms with E-state index in [4.69, 9.17) is 27.4 Å². The predicted octanol–water partition coefficient (Wildman–Crippen LogP) is 2.98. The Morgan fingerprint density at radius 3 is 2.77 bits per heavy atom. The average molecular weight is 364 g/mol. The van der Waals surface area contributed by atoms with Crippen LogP contribution in [0.3, 0.4) is 0 Å². The lowest BCUT2D eigenvalue weighted by Crippen LogP contribution is -2.39. The van der Waals surface area contributed by atoms with Crippen LogP contribution in [0.2, 0.25) is 10.0 Å². The summed E-state index contributed by atoms with van der Waals surface area (Å²) in [6, 6.07) is 5.83. The Morgan fingerprint density at radius 2 is 2.09 bits per heavy atom. The maximum absolute atomic E-state index is 11.2. The number of nitrogens with one attached hydrogen (secondary N) is 1. The van der Waals surface area contributed by atoms with Crippen LogP contribution in [-0.4, -0.2) is 34.4 Å². The van der Waals surface area contributed by atoms with E-state index in [9.17, 15) is 8.42 Å². The van der Waals surface area contributed by atoms with Crippen molar-refractivity contribution in [3.8, 4) is 0 Å². The van der Waals surface area contributed by atoms with Crippen LogP contribution in [0.15, 0.2) is 18.2 Å². The van der Waals surface area contributed by atoms with Gasteiger partial charge in [0.2, 0.25) is 0 Å². The van der Waals surface area contributed by atoms with Crippen LogP contribution < -0.4 is 5.32 Å². The molecule has 122 valence electrons. The Morgan fingerprint density at radius 1 is 1.32 bits per heavy atom. The fourth-order valence-electron chi connectivity index (χ4n) is 3.90. The molecule has 22 heavy (non-hydrogen) atoms. The Kier molecular flexibility index (Phi) is 4.23. The highest BCUT2D eigenvalue weighted by atomic mass is 35.5. The number of halogens is 2. The highest BCUT2D eigenvalue weighted by Crippen LogP contribution is 2.69. The van der Waals surface area contributed by atoms with Crippen LogP contribution >= 0.6 is 23.2 Å². The smallest absolute Gasteiger partial charge is 0.264 e. The molecule has 1 saturated heterocycles. The molecule has 1 N–H and O–H groups in total. The van der Waals surface area contributed by atoms with E-state index in [2.05, 4.69) is 5.32 Å². The molecule has 4 nitrogen and oxygen atoms in total. The van der Waals surface area contributed by atoms with Gasteiger partial charge in [0, 0.05) is 12.0 Å². The second-order valence-electron chi connectivity index (χ2n) is 6.37. The van der Waals surface area contributed by atoms with E-state index in [-0.39, 0.29) is 17.4 Å². The number of benzene rings is 1. The van der Waals surface area contributed by atoms with Gasteiger partial charge in [-0.05, 0) is 48.9 Å². The van der Waals surface area contributed by atoms with E-state index in [1.165, 1.54) is 5.56 Å². The van der Waals surface area contributed by atoms with E-state index in [0.29, 0.717) is 16.5 Å². The lowest BCUT2D eigenvalue weighted by atomic mass is 9.79. The molecule has 1 aromatic rings. The minimum Gasteiger partial charge on any atom is -0.316 e. The van der Waals surface area contributed by atoms with Crippen LogP contribution in [0.25, 0.3) is 0 Å². The number of fused-ring (bicyclic) bond motifs is 1. The molecule has 3 rings (SSSR count). The lowest BCUT2D eigenvalue weighted by Gasteiger charge is -2.32. The van der Waals surface area contributed by atoms with Gasteiger partial charge < -0.3 is 5.32 Å². The predicted molar refractivity (Wildman–Crippen MR) is 88.1 cm³/mol. The van der Waals surface area contributed by atoms with Gasteiger partial charge in [0.05, 0.1) is 22.9 Å². The molecule has 0 unspecified atom stereocenters. The van der Waals surface area contributed by atoms with E-state index in [0.717, 1.165) is 32.2 Å². The molecule has 0 amide bonds. The minimum atomic E-state index is -3.39. The third-order valence-electron chi connectivity index (χ3n) is 5.07. The van der Waals surface area contributed by atoms with Crippen molar-refractivity contribution in [3.05, 3.63) is 33.8 Å². The fraction of sp³-hybridized carbons (Fsp3) is 0.600. The topological polar surface area (TPSA) is 55.4 Å². The minimum absolute atomic E-state index is 0.0487. The molecule has 0 spiro atoms. The first kappa shape index (κ1) is 16.5. The second-order valence-corrected chi connectivity index (χ2v) is 8.83. The lowest BCUT2D eigenvalue weighted by molar-refractivity contribution is 0.233. The van der Waals surface area contributed by atoms with Crippen molar-refractivity contribution in [2.45, 2.75) is 24.7 Å². The Bertz CT molecular complexity index is 694. The number of hydrogen-bond donors (Lipinski definition) is 1. The van der Waals surface area contributed by atoms with E-state index in [1.54, 1.807) is 0 Å². The summed E-state index contributed by atoms with van der Waals surface area (Å²) in [5.41, 5.74) is 1.31. The summed E-state index contributed by atoms with van der Waals surface area (Å²) in [6.07, 6.45) is 3.85. The van der Waals surface area contributed by atoms with Crippen LogP contribution in [0, 0.1) is 5.41 Å². The first-order valence-electron chi connectivity index (χ1n) is 7.29. The highest BCUT2D eigenvalue weighted by Gasteiger charge is 2.67. The molecular weight excluding hydrogens is 345 g/mol. The molecule has 1 aliphatic carbocycles. The molecule has 2 atom stereocenters. The summed E-state index contributed by atoms with van der Waals surface area (Å²) >= 11 is 12.2. The molecular formula is C15H19Cl2NO3S. The van der Waals surface area contributed by atoms with Crippen molar-refractivity contribution < 1.29 is 12.6 Å². The zero-order valence-corrected chi connectivity index (χ0v) is 14.7. The molecule has 1 aliphatic heterocycles. The van der Waals surface area contributed by atoms with Crippen molar-refractivity contribution in [3.63, 3.8) is 0 Å². The highest BCUT2D eigenvalue weighted by molar-refractivity contribution is 7.85. The molecule has 1 heterocycles. The maximum Gasteiger partial charge on any atom is 0.264 e. The summed E-state index contributed by atoms with van der Waals surface area (Å²) in [5.74, 6) is 0. The van der Waals surface area contributed by atoms with Gasteiger partial charge in [-0.1, -0.05) is 29.3 Å². The van der Waals surface area contributed by atoms with Crippen molar-refractivity contribution >= 4 is 33.3 Å². The van der Waals surface area contributed by atoms with Gasteiger partial charge in [-0.25, -0.2) is 0 Å². The normalized spacial score (nSPS) is 30.9. The zero-order chi connectivity index (χ0) is 16.0. The quantitative estimate of drug-likeness (QED) is 0.817. The Hall–Kier alpha value is -0.330. The first-order valence-corrected chi connectivity index (χ1v) is 9.86. The van der Waals surface area contributed by atoms with Gasteiger partial charge in [-0.2, -0.15) is 8.42 Å². The maximum atomic E-state index is 11.2. The third kappa shape index (κ3) is 2.89. The summed E-state index contributed by atoms with van der Waals surface area (Å²) in [5, 5.41) is 4.55. The van der Waals surface area contributed by atoms with Crippen molar-refractivity contribution in [1.29, 1.82) is 0 Å². The first-order chi connectivity index (χ1) is 10.3. The monoisotopic (exact) mass is 363 g/mol. The van der Waals surface area contributed by atoms with Gasteiger partial charge in [-0.15, -0.1) is 0 Å². The van der Waals surface area contributed by atoms with Gasteiger partial charge in [0.1, 0.15) is 0 Å². The molecule has 0 bridgehead atoms. The summed E-state index contributed by atoms with van der Waals surface area (Å²) in [6.45, 7) is 2.05. The van der Waals surface area contributed by atoms with Gasteiger partial charge in [0.25, 0.3) is 10.1 Å². The zero-order valence-electron chi connectivity index (χ0n) is 12.4. The summed E-state index contributed by atoms with van der Waals surface area (Å²) in [7, 11) is -3.39. The molecule has 7 heteroatoms. The average Bonchev–Trinajstić information content (AvgIpc) is 3.10. The standard InChI is InChI=1S/C15H19Cl2NO3S/c1-22(19,20)21-7-5-14-9-15(14,4-6-18-10-14)11-2-3-12(16)13(17)8-11/h2-3,8,18H,4-7,9-10H2,1H3/t14-,15-/m0/s1. The van der Waals surface area contributed by atoms with Crippen LogP contribution in [0.4, 0.5) is 0 Å². The molecule has 1 saturated carbocycles. The van der Waals surface area contributed by atoms with Gasteiger partial charge in [-0.3, -0.25) is 4.18 Å². The molecule has 0 radical (unpaired) electrons. The molecule has 2 fully saturated rings. The van der Waals surface area contributed by atoms with Gasteiger partial charge >= 0.3 is 0 Å². The Balaban J connectivity index is 1.81. The van der Waals surface area contributed by atoms with Crippen molar-refractivity contribution in [2.24, 2.45) is 5.41 Å². The SMILES string of the molecule is CS(=O)(=O)OCC[C@]12CNCC[C@@]1(c1ccc(Cl)c(Cl)c1)C2. The van der Waals surface area contributed by atoms with Crippen LogP contribution in [-0.2, 0) is 19.7 Å². The largest absolute Gasteiger partial charge is 0.316 e. The molecule has 1 aromatic carbocycles. The van der Waals surface area contributed by atoms with Crippen molar-refractivity contribution in [2.75, 3.05) is 26.0 Å². The van der Waals surface area contributed by atoms with Gasteiger partial charge in [0.15, 0.2) is 0 Å². The molecule has 2 aliphatic rings. The summed E-state index contributed by atoms with van der Waals surface area (Å²) in [4.78, 5) is 0. The van der Waals surface area contributed by atoms with Crippen molar-refractivity contribution in [1.82, 2.24) is 5.32 Å². The van der Waals surface area contributed by atoms with E-state index < -0.39 is 10.1 Å². The number of hydrogen-bond acceptors (Lipinski definition) is 4. The Labute approximate surface area is 141 Å². The summed E-state index contributed by atoms with van der Waals surface area (Å²) < 4.78 is 27.3. The number of rotatable bonds is 5. The van der Waals surface area contributed by atoms with Crippen LogP contribution in [0.1, 0.15) is 24.8 Å². The number of piperidine rings is 1. The van der Waals surface area contributed by atoms with E-state index in [1.807, 2.05) is 18.2 Å². The second kappa shape index (κ2) is 5.64. The third-order valence-corrected chi connectivity index (χ3v) is 6.41.